The maximum atomic E-state index is 11.6. The Morgan fingerprint density at radius 2 is 1.60 bits per heavy atom. The van der Waals surface area contributed by atoms with E-state index in [0.717, 1.165) is 4.90 Å². The van der Waals surface area contributed by atoms with Crippen LogP contribution in [0.5, 0.6) is 0 Å². The molecule has 1 saturated carbocycles. The number of amides is 1. The van der Waals surface area contributed by atoms with Crippen LogP contribution in [0.4, 0.5) is 0 Å². The lowest BCUT2D eigenvalue weighted by atomic mass is 10.3. The lowest BCUT2D eigenvalue weighted by Gasteiger charge is -2.18. The summed E-state index contributed by atoms with van der Waals surface area (Å²) in [7, 11) is 0. The van der Waals surface area contributed by atoms with Gasteiger partial charge in [0.15, 0.2) is 0 Å². The predicted molar refractivity (Wildman–Crippen MR) is 49.1 cm³/mol. The standard InChI is InChI=1S/C9H13NO5/c1-5-2-6(5)9(15)10(3-7(11)12)4-8(13)14/h5-6H,2-4H2,1H3,(H,11,12)(H,13,14). The molecule has 0 spiro atoms. The third kappa shape index (κ3) is 3.23. The van der Waals surface area contributed by atoms with Gasteiger partial charge in [0.2, 0.25) is 5.91 Å². The monoisotopic (exact) mass is 215 g/mol. The van der Waals surface area contributed by atoms with Gasteiger partial charge in [-0.1, -0.05) is 6.92 Å². The average molecular weight is 215 g/mol. The van der Waals surface area contributed by atoms with Crippen molar-refractivity contribution < 1.29 is 24.6 Å². The van der Waals surface area contributed by atoms with Crippen LogP contribution in [0.25, 0.3) is 0 Å². The van der Waals surface area contributed by atoms with Crippen molar-refractivity contribution in [2.45, 2.75) is 13.3 Å². The van der Waals surface area contributed by atoms with Gasteiger partial charge in [-0.25, -0.2) is 0 Å². The summed E-state index contributed by atoms with van der Waals surface area (Å²) in [5.74, 6) is -2.71. The molecule has 0 aromatic rings. The fourth-order valence-corrected chi connectivity index (χ4v) is 1.44. The van der Waals surface area contributed by atoms with E-state index in [1.807, 2.05) is 6.92 Å². The molecule has 6 heteroatoms. The Morgan fingerprint density at radius 1 is 1.20 bits per heavy atom. The molecule has 84 valence electrons. The summed E-state index contributed by atoms with van der Waals surface area (Å²) in [5, 5.41) is 17.1. The van der Waals surface area contributed by atoms with Gasteiger partial charge in [-0.15, -0.1) is 0 Å². The minimum atomic E-state index is -1.20. The van der Waals surface area contributed by atoms with Gasteiger partial charge in [-0.2, -0.15) is 0 Å². The molecule has 2 N–H and O–H groups in total. The van der Waals surface area contributed by atoms with Crippen molar-refractivity contribution in [1.29, 1.82) is 0 Å². The number of carbonyl (C=O) groups excluding carboxylic acids is 1. The fraction of sp³-hybridized carbons (Fsp3) is 0.667. The fourth-order valence-electron chi connectivity index (χ4n) is 1.44. The van der Waals surface area contributed by atoms with Crippen LogP contribution in [0.15, 0.2) is 0 Å². The molecule has 2 atom stereocenters. The number of carbonyl (C=O) groups is 3. The minimum absolute atomic E-state index is 0.191. The first kappa shape index (κ1) is 11.5. The van der Waals surface area contributed by atoms with Gasteiger partial charge < -0.3 is 15.1 Å². The molecule has 0 heterocycles. The largest absolute Gasteiger partial charge is 0.480 e. The molecular formula is C9H13NO5. The zero-order valence-electron chi connectivity index (χ0n) is 8.34. The topological polar surface area (TPSA) is 94.9 Å². The Hall–Kier alpha value is -1.59. The molecule has 6 nitrogen and oxygen atoms in total. The molecule has 1 fully saturated rings. The maximum absolute atomic E-state index is 11.6. The van der Waals surface area contributed by atoms with Crippen LogP contribution in [-0.4, -0.2) is 46.0 Å². The van der Waals surface area contributed by atoms with E-state index in [-0.39, 0.29) is 17.7 Å². The first-order valence-corrected chi connectivity index (χ1v) is 4.64. The molecule has 1 aliphatic rings. The van der Waals surface area contributed by atoms with E-state index < -0.39 is 25.0 Å². The first-order chi connectivity index (χ1) is 6.91. The lowest BCUT2D eigenvalue weighted by molar-refractivity contribution is -0.150. The van der Waals surface area contributed by atoms with Crippen LogP contribution in [0.1, 0.15) is 13.3 Å². The van der Waals surface area contributed by atoms with Crippen molar-refractivity contribution in [1.82, 2.24) is 4.90 Å². The van der Waals surface area contributed by atoms with Crippen molar-refractivity contribution >= 4 is 17.8 Å². The van der Waals surface area contributed by atoms with Crippen molar-refractivity contribution in [2.75, 3.05) is 13.1 Å². The van der Waals surface area contributed by atoms with Gasteiger partial charge in [0.05, 0.1) is 0 Å². The second-order valence-corrected chi connectivity index (χ2v) is 3.80. The highest BCUT2D eigenvalue weighted by molar-refractivity contribution is 5.88. The highest BCUT2D eigenvalue weighted by Crippen LogP contribution is 2.39. The summed E-state index contributed by atoms with van der Waals surface area (Å²) in [5.41, 5.74) is 0. The number of nitrogens with zero attached hydrogens (tertiary/aromatic N) is 1. The highest BCUT2D eigenvalue weighted by atomic mass is 16.4. The number of hydrogen-bond acceptors (Lipinski definition) is 3. The van der Waals surface area contributed by atoms with Crippen LogP contribution in [0, 0.1) is 11.8 Å². The lowest BCUT2D eigenvalue weighted by Crippen LogP contribution is -2.40. The van der Waals surface area contributed by atoms with Crippen LogP contribution in [0.3, 0.4) is 0 Å². The minimum Gasteiger partial charge on any atom is -0.480 e. The summed E-state index contributed by atoms with van der Waals surface area (Å²) in [6.07, 6.45) is 0.717. The van der Waals surface area contributed by atoms with E-state index in [1.54, 1.807) is 0 Å². The van der Waals surface area contributed by atoms with Gasteiger partial charge in [0.25, 0.3) is 0 Å². The highest BCUT2D eigenvalue weighted by Gasteiger charge is 2.42. The van der Waals surface area contributed by atoms with Gasteiger partial charge in [-0.05, 0) is 12.3 Å². The number of aliphatic carboxylic acids is 2. The van der Waals surface area contributed by atoms with Crippen molar-refractivity contribution in [3.8, 4) is 0 Å². The van der Waals surface area contributed by atoms with Crippen molar-refractivity contribution in [3.63, 3.8) is 0 Å². The Labute approximate surface area is 86.5 Å². The molecular weight excluding hydrogens is 202 g/mol. The smallest absolute Gasteiger partial charge is 0.323 e. The van der Waals surface area contributed by atoms with Crippen LogP contribution >= 0.6 is 0 Å². The van der Waals surface area contributed by atoms with Gasteiger partial charge >= 0.3 is 11.9 Å². The number of carboxylic acid groups (broad SMARTS) is 2. The zero-order chi connectivity index (χ0) is 11.6. The van der Waals surface area contributed by atoms with E-state index in [2.05, 4.69) is 0 Å². The molecule has 0 saturated heterocycles. The van der Waals surface area contributed by atoms with Crippen LogP contribution in [-0.2, 0) is 14.4 Å². The summed E-state index contributed by atoms with van der Waals surface area (Å²) >= 11 is 0. The van der Waals surface area contributed by atoms with E-state index >= 15 is 0 Å². The summed E-state index contributed by atoms with van der Waals surface area (Å²) in [4.78, 5) is 33.3. The quantitative estimate of drug-likeness (QED) is 0.653. The van der Waals surface area contributed by atoms with E-state index in [1.165, 1.54) is 0 Å². The molecule has 0 aliphatic heterocycles. The third-order valence-electron chi connectivity index (χ3n) is 2.39. The van der Waals surface area contributed by atoms with Gasteiger partial charge in [0, 0.05) is 5.92 Å². The molecule has 1 aliphatic carbocycles. The maximum Gasteiger partial charge on any atom is 0.323 e. The van der Waals surface area contributed by atoms with Crippen molar-refractivity contribution in [3.05, 3.63) is 0 Å². The van der Waals surface area contributed by atoms with Crippen molar-refractivity contribution in [2.24, 2.45) is 11.8 Å². The molecule has 0 aromatic carbocycles. The van der Waals surface area contributed by atoms with E-state index in [9.17, 15) is 14.4 Å². The molecule has 0 bridgehead atoms. The number of hydrogen-bond donors (Lipinski definition) is 2. The number of carboxylic acids is 2. The van der Waals surface area contributed by atoms with Crippen LogP contribution < -0.4 is 0 Å². The molecule has 0 aromatic heterocycles. The molecule has 0 radical (unpaired) electrons. The summed E-state index contributed by atoms with van der Waals surface area (Å²) in [6, 6.07) is 0. The molecule has 1 rings (SSSR count). The van der Waals surface area contributed by atoms with E-state index in [0.29, 0.717) is 6.42 Å². The average Bonchev–Trinajstić information content (AvgIpc) is 2.78. The Balaban J connectivity index is 2.58. The van der Waals surface area contributed by atoms with Gasteiger partial charge in [0.1, 0.15) is 13.1 Å². The first-order valence-electron chi connectivity index (χ1n) is 4.64. The molecule has 2 unspecified atom stereocenters. The zero-order valence-corrected chi connectivity index (χ0v) is 8.34. The van der Waals surface area contributed by atoms with Crippen LogP contribution in [0.2, 0.25) is 0 Å². The van der Waals surface area contributed by atoms with Gasteiger partial charge in [-0.3, -0.25) is 14.4 Å². The molecule has 1 amide bonds. The Kier molecular flexibility index (Phi) is 3.28. The third-order valence-corrected chi connectivity index (χ3v) is 2.39. The number of rotatable bonds is 5. The molecule has 15 heavy (non-hydrogen) atoms. The summed E-state index contributed by atoms with van der Waals surface area (Å²) in [6.45, 7) is 0.783. The Bertz CT molecular complexity index is 285. The Morgan fingerprint density at radius 3 is 1.87 bits per heavy atom. The predicted octanol–water partition coefficient (Wildman–Crippen LogP) is -0.360. The SMILES string of the molecule is CC1CC1C(=O)N(CC(=O)O)CC(=O)O. The second kappa shape index (κ2) is 4.29. The van der Waals surface area contributed by atoms with E-state index in [4.69, 9.17) is 10.2 Å². The second-order valence-electron chi connectivity index (χ2n) is 3.80. The normalized spacial score (nSPS) is 23.3. The summed E-state index contributed by atoms with van der Waals surface area (Å²) < 4.78 is 0.